The van der Waals surface area contributed by atoms with Crippen molar-refractivity contribution in [2.45, 2.75) is 26.2 Å². The first-order valence-electron chi connectivity index (χ1n) is 7.27. The molecule has 0 N–H and O–H groups in total. The third kappa shape index (κ3) is 3.43. The predicted octanol–water partition coefficient (Wildman–Crippen LogP) is 2.79. The summed E-state index contributed by atoms with van der Waals surface area (Å²) in [6.45, 7) is 3.55. The van der Waals surface area contributed by atoms with E-state index in [1.807, 2.05) is 24.3 Å². The first-order valence-corrected chi connectivity index (χ1v) is 7.27. The maximum Gasteiger partial charge on any atom is 0.264 e. The number of hydrogen-bond donors (Lipinski definition) is 0. The highest BCUT2D eigenvalue weighted by Crippen LogP contribution is 2.24. The Bertz CT molecular complexity index is 593. The number of hydrogen-bond acceptors (Lipinski definition) is 3. The average Bonchev–Trinajstić information content (AvgIpc) is 3.06. The first-order chi connectivity index (χ1) is 10.2. The Morgan fingerprint density at radius 1 is 1.43 bits per heavy atom. The van der Waals surface area contributed by atoms with Gasteiger partial charge in [-0.1, -0.05) is 13.0 Å². The summed E-state index contributed by atoms with van der Waals surface area (Å²) in [7, 11) is 1.59. The zero-order chi connectivity index (χ0) is 15.2. The van der Waals surface area contributed by atoms with Crippen molar-refractivity contribution in [2.75, 3.05) is 20.2 Å². The Morgan fingerprint density at radius 2 is 2.14 bits per heavy atom. The number of nitriles is 1. The van der Waals surface area contributed by atoms with E-state index >= 15 is 0 Å². The maximum absolute atomic E-state index is 12.3. The molecule has 21 heavy (non-hydrogen) atoms. The highest BCUT2D eigenvalue weighted by atomic mass is 16.5. The lowest BCUT2D eigenvalue weighted by molar-refractivity contribution is -0.125. The van der Waals surface area contributed by atoms with Crippen molar-refractivity contribution in [2.24, 2.45) is 0 Å². The smallest absolute Gasteiger partial charge is 0.264 e. The van der Waals surface area contributed by atoms with Crippen molar-refractivity contribution in [3.63, 3.8) is 0 Å². The molecule has 1 aromatic rings. The molecule has 0 aliphatic carbocycles. The summed E-state index contributed by atoms with van der Waals surface area (Å²) in [5.74, 6) is 0.494. The van der Waals surface area contributed by atoms with E-state index in [1.165, 1.54) is 0 Å². The normalized spacial score (nSPS) is 14.9. The van der Waals surface area contributed by atoms with E-state index in [0.29, 0.717) is 5.75 Å². The maximum atomic E-state index is 12.3. The highest BCUT2D eigenvalue weighted by Gasteiger charge is 2.21. The summed E-state index contributed by atoms with van der Waals surface area (Å²) in [6.07, 6.45) is 4.56. The minimum Gasteiger partial charge on any atom is -0.496 e. The summed E-state index contributed by atoms with van der Waals surface area (Å²) in [5, 5.41) is 9.30. The zero-order valence-electron chi connectivity index (χ0n) is 12.6. The molecule has 2 rings (SSSR count). The quantitative estimate of drug-likeness (QED) is 0.631. The van der Waals surface area contributed by atoms with Crippen LogP contribution in [0.2, 0.25) is 0 Å². The molecule has 1 saturated heterocycles. The van der Waals surface area contributed by atoms with E-state index in [-0.39, 0.29) is 11.5 Å². The number of nitrogens with zero attached hydrogens (tertiary/aromatic N) is 2. The summed E-state index contributed by atoms with van der Waals surface area (Å²) in [4.78, 5) is 14.1. The number of aryl methyl sites for hydroxylation is 1. The molecule has 1 amide bonds. The van der Waals surface area contributed by atoms with Crippen LogP contribution in [0.25, 0.3) is 6.08 Å². The molecule has 0 saturated carbocycles. The van der Waals surface area contributed by atoms with Gasteiger partial charge < -0.3 is 9.64 Å². The van der Waals surface area contributed by atoms with Crippen LogP contribution in [-0.4, -0.2) is 31.0 Å². The molecule has 1 aliphatic heterocycles. The van der Waals surface area contributed by atoms with Gasteiger partial charge in [0.15, 0.2) is 0 Å². The van der Waals surface area contributed by atoms with E-state index < -0.39 is 0 Å². The number of ether oxygens (including phenoxy) is 1. The van der Waals surface area contributed by atoms with Gasteiger partial charge in [-0.05, 0) is 43.0 Å². The van der Waals surface area contributed by atoms with Crippen molar-refractivity contribution in [1.82, 2.24) is 4.90 Å². The minimum atomic E-state index is -0.182. The molecular formula is C17H20N2O2. The fraction of sp³-hybridized carbons (Fsp3) is 0.412. The molecule has 0 unspecified atom stereocenters. The average molecular weight is 284 g/mol. The number of carbonyl (C=O) groups is 1. The van der Waals surface area contributed by atoms with Crippen molar-refractivity contribution in [3.05, 3.63) is 34.9 Å². The summed E-state index contributed by atoms with van der Waals surface area (Å²) >= 11 is 0. The predicted molar refractivity (Wildman–Crippen MR) is 81.8 cm³/mol. The lowest BCUT2D eigenvalue weighted by Gasteiger charge is -2.14. The van der Waals surface area contributed by atoms with Crippen molar-refractivity contribution in [3.8, 4) is 11.8 Å². The SMILES string of the molecule is CCc1ccc(OC)c(/C=C(\C#N)C(=O)N2CCCC2)c1. The monoisotopic (exact) mass is 284 g/mol. The second kappa shape index (κ2) is 6.94. The number of methoxy groups -OCH3 is 1. The van der Waals surface area contributed by atoms with Crippen LogP contribution in [0, 0.1) is 11.3 Å². The third-order valence-corrected chi connectivity index (χ3v) is 3.75. The van der Waals surface area contributed by atoms with Crippen LogP contribution in [0.15, 0.2) is 23.8 Å². The molecule has 1 aromatic carbocycles. The first kappa shape index (κ1) is 15.1. The van der Waals surface area contributed by atoms with Gasteiger partial charge in [0.2, 0.25) is 0 Å². The number of rotatable bonds is 4. The number of likely N-dealkylation sites (tertiary alicyclic amines) is 1. The molecule has 1 heterocycles. The Kier molecular flexibility index (Phi) is 4.99. The fourth-order valence-electron chi connectivity index (χ4n) is 2.50. The molecular weight excluding hydrogens is 264 g/mol. The van der Waals surface area contributed by atoms with Gasteiger partial charge in [0.1, 0.15) is 17.4 Å². The molecule has 0 bridgehead atoms. The van der Waals surface area contributed by atoms with Gasteiger partial charge in [-0.15, -0.1) is 0 Å². The van der Waals surface area contributed by atoms with Crippen LogP contribution in [0.5, 0.6) is 5.75 Å². The van der Waals surface area contributed by atoms with Crippen molar-refractivity contribution < 1.29 is 9.53 Å². The summed E-state index contributed by atoms with van der Waals surface area (Å²) < 4.78 is 5.32. The molecule has 0 radical (unpaired) electrons. The molecule has 1 aliphatic rings. The lowest BCUT2D eigenvalue weighted by Crippen LogP contribution is -2.28. The van der Waals surface area contributed by atoms with Crippen LogP contribution in [0.1, 0.15) is 30.9 Å². The summed E-state index contributed by atoms with van der Waals surface area (Å²) in [5.41, 5.74) is 2.09. The van der Waals surface area contributed by atoms with Crippen molar-refractivity contribution in [1.29, 1.82) is 5.26 Å². The zero-order valence-corrected chi connectivity index (χ0v) is 12.6. The van der Waals surface area contributed by atoms with E-state index in [2.05, 4.69) is 6.92 Å². The van der Waals surface area contributed by atoms with Crippen molar-refractivity contribution >= 4 is 12.0 Å². The van der Waals surface area contributed by atoms with Crippen LogP contribution in [0.4, 0.5) is 0 Å². The third-order valence-electron chi connectivity index (χ3n) is 3.75. The lowest BCUT2D eigenvalue weighted by atomic mass is 10.0. The van der Waals surface area contributed by atoms with Gasteiger partial charge >= 0.3 is 0 Å². The molecule has 0 aromatic heterocycles. The molecule has 0 spiro atoms. The van der Waals surface area contributed by atoms with Gasteiger partial charge in [0, 0.05) is 18.7 Å². The van der Waals surface area contributed by atoms with E-state index in [0.717, 1.165) is 43.5 Å². The van der Waals surface area contributed by atoms with E-state index in [9.17, 15) is 10.1 Å². The van der Waals surface area contributed by atoms with Crippen LogP contribution in [-0.2, 0) is 11.2 Å². The van der Waals surface area contributed by atoms with Gasteiger partial charge in [-0.3, -0.25) is 4.79 Å². The summed E-state index contributed by atoms with van der Waals surface area (Å²) in [6, 6.07) is 7.86. The Morgan fingerprint density at radius 3 is 2.71 bits per heavy atom. The molecule has 4 nitrogen and oxygen atoms in total. The number of benzene rings is 1. The number of amides is 1. The minimum absolute atomic E-state index is 0.170. The molecule has 0 atom stereocenters. The molecule has 4 heteroatoms. The van der Waals surface area contributed by atoms with Crippen LogP contribution in [0.3, 0.4) is 0 Å². The van der Waals surface area contributed by atoms with E-state index in [1.54, 1.807) is 18.1 Å². The second-order valence-electron chi connectivity index (χ2n) is 5.10. The van der Waals surface area contributed by atoms with Gasteiger partial charge in [-0.25, -0.2) is 0 Å². The fourth-order valence-corrected chi connectivity index (χ4v) is 2.50. The number of carbonyl (C=O) groups excluding carboxylic acids is 1. The van der Waals surface area contributed by atoms with Gasteiger partial charge in [0.25, 0.3) is 5.91 Å². The second-order valence-corrected chi connectivity index (χ2v) is 5.10. The largest absolute Gasteiger partial charge is 0.496 e. The molecule has 110 valence electrons. The standard InChI is InChI=1S/C17H20N2O2/c1-3-13-6-7-16(21-2)14(10-13)11-15(12-18)17(20)19-8-4-5-9-19/h6-7,10-11H,3-5,8-9H2,1-2H3/b15-11+. The van der Waals surface area contributed by atoms with Gasteiger partial charge in [0.05, 0.1) is 7.11 Å². The topological polar surface area (TPSA) is 53.3 Å². The van der Waals surface area contributed by atoms with Crippen LogP contribution >= 0.6 is 0 Å². The molecule has 1 fully saturated rings. The van der Waals surface area contributed by atoms with Crippen LogP contribution < -0.4 is 4.74 Å². The van der Waals surface area contributed by atoms with E-state index in [4.69, 9.17) is 4.74 Å². The Hall–Kier alpha value is -2.28. The Labute approximate surface area is 125 Å². The highest BCUT2D eigenvalue weighted by molar-refractivity contribution is 6.02. The van der Waals surface area contributed by atoms with Gasteiger partial charge in [-0.2, -0.15) is 5.26 Å². The Balaban J connectivity index is 2.34.